The van der Waals surface area contributed by atoms with Crippen LogP contribution in [0.4, 0.5) is 20.1 Å². The standard InChI is InChI=1S/C25H34FN7OS/c1-25(2,3)29-21-20(17-9-11-18(26)12-10-17)28-23-33(21)30-24(35-23)32-15-13-31(14-16-32)22(34)27-19-7-5-4-6-8-19/h9-12,19,29H,4-8,13-16H2,1-3H3,(H,27,34). The maximum absolute atomic E-state index is 13.5. The quantitative estimate of drug-likeness (QED) is 0.530. The molecule has 1 aromatic carbocycles. The van der Waals surface area contributed by atoms with Gasteiger partial charge in [-0.05, 0) is 57.9 Å². The number of aromatic nitrogens is 3. The van der Waals surface area contributed by atoms with Crippen molar-refractivity contribution in [2.75, 3.05) is 36.4 Å². The third kappa shape index (κ3) is 5.37. The highest BCUT2D eigenvalue weighted by molar-refractivity contribution is 7.20. The third-order valence-corrected chi connectivity index (χ3v) is 7.54. The molecule has 0 radical (unpaired) electrons. The van der Waals surface area contributed by atoms with Gasteiger partial charge in [0.1, 0.15) is 11.5 Å². The van der Waals surface area contributed by atoms with Crippen molar-refractivity contribution in [1.29, 1.82) is 0 Å². The molecule has 3 aromatic rings. The van der Waals surface area contributed by atoms with Crippen molar-refractivity contribution in [2.45, 2.75) is 64.5 Å². The van der Waals surface area contributed by atoms with Crippen LogP contribution >= 0.6 is 11.3 Å². The van der Waals surface area contributed by atoms with Crippen LogP contribution in [0.25, 0.3) is 16.2 Å². The molecule has 1 saturated heterocycles. The molecule has 2 N–H and O–H groups in total. The predicted molar refractivity (Wildman–Crippen MR) is 139 cm³/mol. The van der Waals surface area contributed by atoms with Gasteiger partial charge in [-0.25, -0.2) is 14.2 Å². The van der Waals surface area contributed by atoms with Crippen molar-refractivity contribution >= 4 is 33.3 Å². The second-order valence-corrected chi connectivity index (χ2v) is 11.5. The van der Waals surface area contributed by atoms with Gasteiger partial charge >= 0.3 is 6.03 Å². The average molecular weight is 500 g/mol. The number of rotatable bonds is 4. The fraction of sp³-hybridized carbons (Fsp3) is 0.560. The van der Waals surface area contributed by atoms with Crippen molar-refractivity contribution in [3.8, 4) is 11.3 Å². The first-order chi connectivity index (χ1) is 16.8. The van der Waals surface area contributed by atoms with Crippen molar-refractivity contribution in [2.24, 2.45) is 0 Å². The number of halogens is 1. The number of amides is 2. The Bertz CT molecular complexity index is 1170. The summed E-state index contributed by atoms with van der Waals surface area (Å²) in [6.45, 7) is 9.09. The Balaban J connectivity index is 1.31. The fourth-order valence-corrected chi connectivity index (χ4v) is 5.71. The Morgan fingerprint density at radius 1 is 1.06 bits per heavy atom. The highest BCUT2D eigenvalue weighted by atomic mass is 32.1. The zero-order chi connectivity index (χ0) is 24.6. The van der Waals surface area contributed by atoms with Gasteiger partial charge in [0.15, 0.2) is 5.82 Å². The summed E-state index contributed by atoms with van der Waals surface area (Å²) in [7, 11) is 0. The first kappa shape index (κ1) is 23.8. The van der Waals surface area contributed by atoms with Gasteiger partial charge in [-0.2, -0.15) is 4.52 Å². The molecule has 35 heavy (non-hydrogen) atoms. The van der Waals surface area contributed by atoms with E-state index in [1.807, 2.05) is 9.42 Å². The topological polar surface area (TPSA) is 77.8 Å². The van der Waals surface area contributed by atoms with Crippen LogP contribution < -0.4 is 15.5 Å². The molecular weight excluding hydrogens is 465 g/mol. The first-order valence-electron chi connectivity index (χ1n) is 12.5. The summed E-state index contributed by atoms with van der Waals surface area (Å²) in [6.07, 6.45) is 5.88. The van der Waals surface area contributed by atoms with E-state index < -0.39 is 0 Å². The van der Waals surface area contributed by atoms with Crippen LogP contribution in [0.15, 0.2) is 24.3 Å². The van der Waals surface area contributed by atoms with Gasteiger partial charge in [0.25, 0.3) is 0 Å². The van der Waals surface area contributed by atoms with Gasteiger partial charge in [-0.1, -0.05) is 30.6 Å². The lowest BCUT2D eigenvalue weighted by Crippen LogP contribution is -2.53. The molecule has 2 fully saturated rings. The lowest BCUT2D eigenvalue weighted by Gasteiger charge is -2.35. The summed E-state index contributed by atoms with van der Waals surface area (Å²) in [5.41, 5.74) is 1.40. The van der Waals surface area contributed by atoms with E-state index in [0.29, 0.717) is 19.1 Å². The van der Waals surface area contributed by atoms with Crippen molar-refractivity contribution < 1.29 is 9.18 Å². The molecule has 1 saturated carbocycles. The van der Waals surface area contributed by atoms with E-state index in [1.54, 1.807) is 12.1 Å². The molecule has 2 aromatic heterocycles. The maximum atomic E-state index is 13.5. The number of nitrogens with zero attached hydrogens (tertiary/aromatic N) is 5. The Kier molecular flexibility index (Phi) is 6.57. The lowest BCUT2D eigenvalue weighted by molar-refractivity contribution is 0.186. The fourth-order valence-electron chi connectivity index (χ4n) is 4.76. The van der Waals surface area contributed by atoms with E-state index >= 15 is 0 Å². The first-order valence-corrected chi connectivity index (χ1v) is 13.3. The number of piperazine rings is 1. The second-order valence-electron chi connectivity index (χ2n) is 10.5. The minimum absolute atomic E-state index is 0.0612. The van der Waals surface area contributed by atoms with E-state index in [2.05, 4.69) is 36.3 Å². The number of nitrogens with one attached hydrogen (secondary N) is 2. The van der Waals surface area contributed by atoms with Crippen LogP contribution in [0, 0.1) is 5.82 Å². The number of hydrogen-bond donors (Lipinski definition) is 2. The predicted octanol–water partition coefficient (Wildman–Crippen LogP) is 4.97. The zero-order valence-electron chi connectivity index (χ0n) is 20.7. The number of benzene rings is 1. The van der Waals surface area contributed by atoms with E-state index in [4.69, 9.17) is 10.1 Å². The van der Waals surface area contributed by atoms with Crippen molar-refractivity contribution in [3.63, 3.8) is 0 Å². The smallest absolute Gasteiger partial charge is 0.317 e. The summed E-state index contributed by atoms with van der Waals surface area (Å²) in [6, 6.07) is 6.78. The van der Waals surface area contributed by atoms with Crippen LogP contribution in [0.2, 0.25) is 0 Å². The molecule has 3 heterocycles. The average Bonchev–Trinajstić information content (AvgIpc) is 3.39. The molecule has 1 aliphatic carbocycles. The van der Waals surface area contributed by atoms with E-state index in [0.717, 1.165) is 53.1 Å². The summed E-state index contributed by atoms with van der Waals surface area (Å²) < 4.78 is 15.3. The summed E-state index contributed by atoms with van der Waals surface area (Å²) in [5.74, 6) is 0.527. The highest BCUT2D eigenvalue weighted by Gasteiger charge is 2.27. The number of anilines is 2. The molecule has 2 amide bonds. The molecule has 0 spiro atoms. The molecule has 0 unspecified atom stereocenters. The van der Waals surface area contributed by atoms with Crippen molar-refractivity contribution in [3.05, 3.63) is 30.1 Å². The van der Waals surface area contributed by atoms with Gasteiger partial charge in [-0.15, -0.1) is 5.10 Å². The molecule has 188 valence electrons. The molecule has 2 aliphatic rings. The molecule has 8 nitrogen and oxygen atoms in total. The van der Waals surface area contributed by atoms with Crippen molar-refractivity contribution in [1.82, 2.24) is 24.8 Å². The van der Waals surface area contributed by atoms with Gasteiger partial charge in [0.05, 0.1) is 0 Å². The maximum Gasteiger partial charge on any atom is 0.317 e. The summed E-state index contributed by atoms with van der Waals surface area (Å²) in [4.78, 5) is 22.5. The minimum Gasteiger partial charge on any atom is -0.364 e. The third-order valence-electron chi connectivity index (χ3n) is 6.57. The molecular formula is C25H34FN7OS. The molecule has 1 aliphatic heterocycles. The summed E-state index contributed by atoms with van der Waals surface area (Å²) in [5, 5.41) is 12.5. The van der Waals surface area contributed by atoms with Crippen LogP contribution in [-0.4, -0.2) is 63.3 Å². The van der Waals surface area contributed by atoms with Gasteiger partial charge in [0, 0.05) is 43.3 Å². The zero-order valence-corrected chi connectivity index (χ0v) is 21.5. The number of imidazole rings is 1. The van der Waals surface area contributed by atoms with Gasteiger partial charge in [-0.3, -0.25) is 0 Å². The lowest BCUT2D eigenvalue weighted by atomic mass is 9.96. The molecule has 10 heteroatoms. The Hall–Kier alpha value is -2.88. The van der Waals surface area contributed by atoms with Crippen LogP contribution in [0.1, 0.15) is 52.9 Å². The van der Waals surface area contributed by atoms with E-state index in [9.17, 15) is 9.18 Å². The number of carbonyl (C=O) groups is 1. The van der Waals surface area contributed by atoms with Crippen LogP contribution in [0.3, 0.4) is 0 Å². The van der Waals surface area contributed by atoms with E-state index in [1.165, 1.54) is 42.7 Å². The molecule has 0 bridgehead atoms. The Morgan fingerprint density at radius 2 is 1.74 bits per heavy atom. The molecule has 0 atom stereocenters. The van der Waals surface area contributed by atoms with Crippen LogP contribution in [-0.2, 0) is 0 Å². The summed E-state index contributed by atoms with van der Waals surface area (Å²) >= 11 is 1.53. The normalized spacial score (nSPS) is 17.7. The molecule has 5 rings (SSSR count). The monoisotopic (exact) mass is 499 g/mol. The van der Waals surface area contributed by atoms with Crippen LogP contribution in [0.5, 0.6) is 0 Å². The second kappa shape index (κ2) is 9.64. The number of carbonyl (C=O) groups excluding carboxylic acids is 1. The Labute approximate surface area is 209 Å². The van der Waals surface area contributed by atoms with Gasteiger partial charge < -0.3 is 20.4 Å². The van der Waals surface area contributed by atoms with Gasteiger partial charge in [0.2, 0.25) is 10.1 Å². The Morgan fingerprint density at radius 3 is 2.40 bits per heavy atom. The SMILES string of the molecule is CC(C)(C)Nc1c(-c2ccc(F)cc2)nc2sc(N3CCN(C(=O)NC4CCCCC4)CC3)nn12. The number of urea groups is 1. The number of hydrogen-bond acceptors (Lipinski definition) is 6. The number of fused-ring (bicyclic) bond motifs is 1. The minimum atomic E-state index is -0.271. The highest BCUT2D eigenvalue weighted by Crippen LogP contribution is 2.35. The largest absolute Gasteiger partial charge is 0.364 e. The van der Waals surface area contributed by atoms with E-state index in [-0.39, 0.29) is 17.4 Å².